The van der Waals surface area contributed by atoms with Crippen molar-refractivity contribution in [1.82, 2.24) is 20.9 Å². The first-order chi connectivity index (χ1) is 10.8. The molecule has 0 bridgehead atoms. The maximum atomic E-state index is 11.8. The summed E-state index contributed by atoms with van der Waals surface area (Å²) >= 11 is 0. The molecule has 7 nitrogen and oxygen atoms in total. The van der Waals surface area contributed by atoms with Crippen molar-refractivity contribution in [2.75, 3.05) is 20.2 Å². The van der Waals surface area contributed by atoms with Gasteiger partial charge in [-0.3, -0.25) is 9.79 Å². The number of hydrogen-bond acceptors (Lipinski definition) is 4. The van der Waals surface area contributed by atoms with Crippen LogP contribution in [-0.2, 0) is 11.3 Å². The maximum Gasteiger partial charge on any atom is 0.239 e. The van der Waals surface area contributed by atoms with Crippen molar-refractivity contribution in [3.63, 3.8) is 0 Å². The summed E-state index contributed by atoms with van der Waals surface area (Å²) in [5.74, 6) is 1.08. The average molecular weight is 321 g/mol. The molecule has 128 valence electrons. The van der Waals surface area contributed by atoms with E-state index < -0.39 is 0 Å². The molecule has 1 amide bonds. The number of nitrogens with zero attached hydrogens (tertiary/aromatic N) is 2. The number of aliphatic imine (C=N–C) groups is 1. The van der Waals surface area contributed by atoms with Gasteiger partial charge in [0.1, 0.15) is 0 Å². The van der Waals surface area contributed by atoms with Crippen molar-refractivity contribution in [1.29, 1.82) is 0 Å². The zero-order valence-electron chi connectivity index (χ0n) is 14.6. The molecule has 0 spiro atoms. The lowest BCUT2D eigenvalue weighted by molar-refractivity contribution is -0.121. The number of rotatable bonds is 6. The summed E-state index contributed by atoms with van der Waals surface area (Å²) < 4.78 is 5.37. The van der Waals surface area contributed by atoms with Gasteiger partial charge in [-0.2, -0.15) is 0 Å². The Hall–Kier alpha value is -2.31. The van der Waals surface area contributed by atoms with Crippen molar-refractivity contribution in [3.05, 3.63) is 23.9 Å². The molecule has 0 saturated heterocycles. The van der Waals surface area contributed by atoms with E-state index in [1.165, 1.54) is 0 Å². The van der Waals surface area contributed by atoms with E-state index in [4.69, 9.17) is 4.74 Å². The van der Waals surface area contributed by atoms with Crippen LogP contribution in [-0.4, -0.2) is 42.6 Å². The molecule has 23 heavy (non-hydrogen) atoms. The minimum Gasteiger partial charge on any atom is -0.478 e. The summed E-state index contributed by atoms with van der Waals surface area (Å²) in [5, 5.41) is 9.02. The van der Waals surface area contributed by atoms with Crippen molar-refractivity contribution in [3.8, 4) is 5.88 Å². The van der Waals surface area contributed by atoms with E-state index >= 15 is 0 Å². The van der Waals surface area contributed by atoms with Crippen molar-refractivity contribution in [2.24, 2.45) is 4.99 Å². The predicted octanol–water partition coefficient (Wildman–Crippen LogP) is 1.06. The summed E-state index contributed by atoms with van der Waals surface area (Å²) in [5.41, 5.74) is 0.771. The maximum absolute atomic E-state index is 11.8. The molecule has 0 aliphatic carbocycles. The zero-order valence-corrected chi connectivity index (χ0v) is 14.6. The van der Waals surface area contributed by atoms with Gasteiger partial charge in [-0.25, -0.2) is 4.98 Å². The van der Waals surface area contributed by atoms with Crippen molar-refractivity contribution >= 4 is 11.9 Å². The van der Waals surface area contributed by atoms with E-state index in [2.05, 4.69) is 25.9 Å². The Labute approximate surface area is 137 Å². The highest BCUT2D eigenvalue weighted by Gasteiger charge is 2.13. The third kappa shape index (κ3) is 8.04. The third-order valence-corrected chi connectivity index (χ3v) is 2.71. The van der Waals surface area contributed by atoms with Crippen LogP contribution in [0.15, 0.2) is 23.3 Å². The monoisotopic (exact) mass is 321 g/mol. The minimum atomic E-state index is -0.248. The molecule has 3 N–H and O–H groups in total. The Morgan fingerprint density at radius 3 is 2.70 bits per heavy atom. The van der Waals surface area contributed by atoms with E-state index in [0.29, 0.717) is 25.0 Å². The topological polar surface area (TPSA) is 87.6 Å². The molecule has 0 aliphatic rings. The van der Waals surface area contributed by atoms with Crippen LogP contribution in [0.4, 0.5) is 0 Å². The third-order valence-electron chi connectivity index (χ3n) is 2.71. The Balaban J connectivity index is 2.45. The fourth-order valence-corrected chi connectivity index (χ4v) is 1.82. The molecule has 0 radical (unpaired) electrons. The number of carbonyl (C=O) groups is 1. The van der Waals surface area contributed by atoms with Crippen LogP contribution in [0.3, 0.4) is 0 Å². The second-order valence-corrected chi connectivity index (χ2v) is 6.01. The molecule has 1 aromatic rings. The largest absolute Gasteiger partial charge is 0.478 e. The number of nitrogens with one attached hydrogen (secondary N) is 3. The lowest BCUT2D eigenvalue weighted by Gasteiger charge is -2.21. The highest BCUT2D eigenvalue weighted by molar-refractivity contribution is 5.86. The van der Waals surface area contributed by atoms with Gasteiger partial charge in [0.2, 0.25) is 11.8 Å². The summed E-state index contributed by atoms with van der Waals surface area (Å²) in [6, 6.07) is 3.77. The van der Waals surface area contributed by atoms with Crippen LogP contribution in [0.5, 0.6) is 5.88 Å². The zero-order chi connectivity index (χ0) is 17.3. The van der Waals surface area contributed by atoms with Gasteiger partial charge < -0.3 is 20.7 Å². The molecular weight excluding hydrogens is 294 g/mol. The van der Waals surface area contributed by atoms with E-state index in [-0.39, 0.29) is 18.0 Å². The van der Waals surface area contributed by atoms with Gasteiger partial charge in [-0.15, -0.1) is 0 Å². The first-order valence-corrected chi connectivity index (χ1v) is 7.67. The van der Waals surface area contributed by atoms with Gasteiger partial charge in [0, 0.05) is 31.4 Å². The van der Waals surface area contributed by atoms with E-state index in [1.54, 1.807) is 13.2 Å². The summed E-state index contributed by atoms with van der Waals surface area (Å²) in [4.78, 5) is 20.0. The highest BCUT2D eigenvalue weighted by atomic mass is 16.5. The van der Waals surface area contributed by atoms with Gasteiger partial charge in [0.05, 0.1) is 13.2 Å². The Morgan fingerprint density at radius 1 is 1.35 bits per heavy atom. The smallest absolute Gasteiger partial charge is 0.239 e. The molecule has 0 unspecified atom stereocenters. The number of carbonyl (C=O) groups excluding carboxylic acids is 1. The number of ether oxygens (including phenoxy) is 1. The summed E-state index contributed by atoms with van der Waals surface area (Å²) in [6.07, 6.45) is 1.70. The van der Waals surface area contributed by atoms with Gasteiger partial charge in [-0.1, -0.05) is 0 Å². The molecule has 0 saturated carbocycles. The summed E-state index contributed by atoms with van der Waals surface area (Å²) in [6.45, 7) is 9.05. The van der Waals surface area contributed by atoms with Crippen LogP contribution in [0.1, 0.15) is 33.3 Å². The highest BCUT2D eigenvalue weighted by Crippen LogP contribution is 2.08. The van der Waals surface area contributed by atoms with Crippen LogP contribution in [0, 0.1) is 0 Å². The van der Waals surface area contributed by atoms with Crippen LogP contribution in [0.25, 0.3) is 0 Å². The van der Waals surface area contributed by atoms with E-state index in [0.717, 1.165) is 5.56 Å². The number of guanidine groups is 1. The number of hydrogen-bond donors (Lipinski definition) is 3. The van der Waals surface area contributed by atoms with Crippen LogP contribution in [0.2, 0.25) is 0 Å². The Morgan fingerprint density at radius 2 is 2.09 bits per heavy atom. The molecule has 7 heteroatoms. The van der Waals surface area contributed by atoms with Crippen molar-refractivity contribution in [2.45, 2.75) is 39.8 Å². The second kappa shape index (κ2) is 8.97. The average Bonchev–Trinajstić information content (AvgIpc) is 2.46. The fraction of sp³-hybridized carbons (Fsp3) is 0.562. The van der Waals surface area contributed by atoms with Gasteiger partial charge in [-0.05, 0) is 39.3 Å². The van der Waals surface area contributed by atoms with Gasteiger partial charge >= 0.3 is 0 Å². The van der Waals surface area contributed by atoms with Gasteiger partial charge in [0.15, 0.2) is 5.96 Å². The molecule has 0 aromatic carbocycles. The number of pyridine rings is 1. The van der Waals surface area contributed by atoms with E-state index in [9.17, 15) is 4.79 Å². The Bertz CT molecular complexity index is 538. The van der Waals surface area contributed by atoms with Crippen LogP contribution < -0.4 is 20.7 Å². The lowest BCUT2D eigenvalue weighted by Crippen LogP contribution is -2.48. The lowest BCUT2D eigenvalue weighted by atomic mass is 10.1. The standard InChI is InChI=1S/C16H27N5O2/c1-6-23-14-9-12(7-8-18-14)10-19-15(17-5)20-11-13(22)21-16(2,3)4/h7-9H,6,10-11H2,1-5H3,(H,21,22)(H2,17,19,20). The molecular formula is C16H27N5O2. The van der Waals surface area contributed by atoms with Gasteiger partial charge in [0.25, 0.3) is 0 Å². The van der Waals surface area contributed by atoms with Crippen LogP contribution >= 0.6 is 0 Å². The second-order valence-electron chi connectivity index (χ2n) is 6.01. The van der Waals surface area contributed by atoms with Crippen molar-refractivity contribution < 1.29 is 9.53 Å². The first kappa shape index (κ1) is 18.7. The van der Waals surface area contributed by atoms with E-state index in [1.807, 2.05) is 39.8 Å². The molecule has 1 heterocycles. The quantitative estimate of drug-likeness (QED) is 0.539. The fourth-order valence-electron chi connectivity index (χ4n) is 1.82. The number of amides is 1. The molecule has 0 fully saturated rings. The first-order valence-electron chi connectivity index (χ1n) is 7.67. The molecule has 1 rings (SSSR count). The molecule has 0 atom stereocenters. The molecule has 1 aromatic heterocycles. The predicted molar refractivity (Wildman–Crippen MR) is 91.5 cm³/mol. The molecule has 0 aliphatic heterocycles. The Kier molecular flexibility index (Phi) is 7.31. The normalized spacial score (nSPS) is 11.8. The minimum absolute atomic E-state index is 0.0806. The SMILES string of the molecule is CCOc1cc(CNC(=NC)NCC(=O)NC(C)(C)C)ccn1. The summed E-state index contributed by atoms with van der Waals surface area (Å²) in [7, 11) is 1.66. The number of aromatic nitrogens is 1.